The third-order valence-electron chi connectivity index (χ3n) is 5.18. The Morgan fingerprint density at radius 3 is 2.35 bits per heavy atom. The SMILES string of the molecule is Cc1cc(C(C(=O)NC2CCCCC2)c2cccs2)cc(C)c1C(N)=O. The van der Waals surface area contributed by atoms with Crippen molar-refractivity contribution in [3.8, 4) is 0 Å². The number of hydrogen-bond donors (Lipinski definition) is 2. The molecule has 1 atom stereocenters. The molecule has 1 aliphatic carbocycles. The van der Waals surface area contributed by atoms with Crippen molar-refractivity contribution in [2.75, 3.05) is 0 Å². The molecule has 0 spiro atoms. The molecule has 4 nitrogen and oxygen atoms in total. The number of rotatable bonds is 5. The quantitative estimate of drug-likeness (QED) is 0.833. The van der Waals surface area contributed by atoms with Gasteiger partial charge in [0.2, 0.25) is 11.8 Å². The summed E-state index contributed by atoms with van der Waals surface area (Å²) in [4.78, 5) is 25.9. The number of carbonyl (C=O) groups excluding carboxylic acids is 2. The van der Waals surface area contributed by atoms with Crippen LogP contribution in [0.15, 0.2) is 29.6 Å². The van der Waals surface area contributed by atoms with Gasteiger partial charge in [0.15, 0.2) is 0 Å². The van der Waals surface area contributed by atoms with Crippen molar-refractivity contribution in [3.63, 3.8) is 0 Å². The van der Waals surface area contributed by atoms with E-state index in [-0.39, 0.29) is 17.9 Å². The third kappa shape index (κ3) is 3.98. The summed E-state index contributed by atoms with van der Waals surface area (Å²) in [5.74, 6) is -0.730. The van der Waals surface area contributed by atoms with Gasteiger partial charge in [-0.15, -0.1) is 11.3 Å². The highest BCUT2D eigenvalue weighted by atomic mass is 32.1. The molecule has 26 heavy (non-hydrogen) atoms. The molecule has 0 bridgehead atoms. The molecule has 3 N–H and O–H groups in total. The van der Waals surface area contributed by atoms with Crippen LogP contribution in [0.1, 0.15) is 69.9 Å². The van der Waals surface area contributed by atoms with E-state index in [9.17, 15) is 9.59 Å². The smallest absolute Gasteiger partial charge is 0.249 e. The Morgan fingerprint density at radius 2 is 1.81 bits per heavy atom. The van der Waals surface area contributed by atoms with E-state index in [4.69, 9.17) is 5.73 Å². The first-order chi connectivity index (χ1) is 12.5. The van der Waals surface area contributed by atoms with Gasteiger partial charge in [0.25, 0.3) is 0 Å². The maximum atomic E-state index is 13.2. The molecule has 1 saturated carbocycles. The average Bonchev–Trinajstić information content (AvgIpc) is 3.09. The van der Waals surface area contributed by atoms with Gasteiger partial charge in [-0.05, 0) is 54.8 Å². The predicted octanol–water partition coefficient (Wildman–Crippen LogP) is 4.04. The standard InChI is InChI=1S/C21H26N2O2S/c1-13-11-15(12-14(2)18(13)20(22)24)19(17-9-6-10-26-17)21(25)23-16-7-4-3-5-8-16/h6,9-12,16,19H,3-5,7-8H2,1-2H3,(H2,22,24)(H,23,25). The maximum Gasteiger partial charge on any atom is 0.249 e. The maximum absolute atomic E-state index is 13.2. The Morgan fingerprint density at radius 1 is 1.15 bits per heavy atom. The van der Waals surface area contributed by atoms with Crippen molar-refractivity contribution in [3.05, 3.63) is 56.8 Å². The lowest BCUT2D eigenvalue weighted by molar-refractivity contribution is -0.122. The van der Waals surface area contributed by atoms with Crippen LogP contribution in [0.2, 0.25) is 0 Å². The molecule has 138 valence electrons. The van der Waals surface area contributed by atoms with Gasteiger partial charge in [0, 0.05) is 16.5 Å². The van der Waals surface area contributed by atoms with Crippen LogP contribution >= 0.6 is 11.3 Å². The topological polar surface area (TPSA) is 72.2 Å². The Labute approximate surface area is 158 Å². The summed E-state index contributed by atoms with van der Waals surface area (Å²) in [6, 6.07) is 8.10. The van der Waals surface area contributed by atoms with Crippen molar-refractivity contribution in [1.29, 1.82) is 0 Å². The van der Waals surface area contributed by atoms with E-state index in [1.54, 1.807) is 11.3 Å². The number of aryl methyl sites for hydroxylation is 2. The predicted molar refractivity (Wildman–Crippen MR) is 106 cm³/mol. The van der Waals surface area contributed by atoms with Crippen molar-refractivity contribution in [2.45, 2.75) is 57.9 Å². The highest BCUT2D eigenvalue weighted by Crippen LogP contribution is 2.32. The summed E-state index contributed by atoms with van der Waals surface area (Å²) in [5.41, 5.74) is 8.61. The molecule has 0 radical (unpaired) electrons. The molecule has 1 heterocycles. The molecule has 0 aliphatic heterocycles. The molecule has 2 amide bonds. The van der Waals surface area contributed by atoms with Crippen LogP contribution in [0, 0.1) is 13.8 Å². The molecular formula is C21H26N2O2S. The van der Waals surface area contributed by atoms with E-state index < -0.39 is 5.91 Å². The van der Waals surface area contributed by atoms with Crippen LogP contribution < -0.4 is 11.1 Å². The fraction of sp³-hybridized carbons (Fsp3) is 0.429. The Hall–Kier alpha value is -2.14. The molecule has 1 aromatic heterocycles. The summed E-state index contributed by atoms with van der Waals surface area (Å²) >= 11 is 1.59. The first kappa shape index (κ1) is 18.6. The van der Waals surface area contributed by atoms with Gasteiger partial charge in [-0.1, -0.05) is 37.5 Å². The number of carbonyl (C=O) groups is 2. The lowest BCUT2D eigenvalue weighted by Gasteiger charge is -2.26. The van der Waals surface area contributed by atoms with Crippen LogP contribution in [0.25, 0.3) is 0 Å². The summed E-state index contributed by atoms with van der Waals surface area (Å²) < 4.78 is 0. The van der Waals surface area contributed by atoms with Crippen molar-refractivity contribution in [1.82, 2.24) is 5.32 Å². The molecule has 5 heteroatoms. The van der Waals surface area contributed by atoms with Gasteiger partial charge in [-0.3, -0.25) is 9.59 Å². The van der Waals surface area contributed by atoms with E-state index >= 15 is 0 Å². The van der Waals surface area contributed by atoms with Crippen molar-refractivity contribution >= 4 is 23.2 Å². The minimum atomic E-state index is -0.425. The molecule has 2 aromatic rings. The van der Waals surface area contributed by atoms with E-state index in [1.165, 1.54) is 19.3 Å². The lowest BCUT2D eigenvalue weighted by Crippen LogP contribution is -2.39. The second kappa shape index (κ2) is 8.04. The molecule has 1 fully saturated rings. The number of hydrogen-bond acceptors (Lipinski definition) is 3. The fourth-order valence-corrected chi connectivity index (χ4v) is 4.83. The van der Waals surface area contributed by atoms with E-state index in [1.807, 2.05) is 43.5 Å². The molecule has 0 saturated heterocycles. The molecule has 1 aliphatic rings. The first-order valence-corrected chi connectivity index (χ1v) is 10.1. The summed E-state index contributed by atoms with van der Waals surface area (Å²) in [5, 5.41) is 5.25. The highest BCUT2D eigenvalue weighted by Gasteiger charge is 2.27. The van der Waals surface area contributed by atoms with Crippen LogP contribution in [0.3, 0.4) is 0 Å². The zero-order valence-electron chi connectivity index (χ0n) is 15.4. The second-order valence-electron chi connectivity index (χ2n) is 7.19. The van der Waals surface area contributed by atoms with E-state index in [0.717, 1.165) is 34.4 Å². The van der Waals surface area contributed by atoms with E-state index in [0.29, 0.717) is 5.56 Å². The Bertz CT molecular complexity index is 769. The molecular weight excluding hydrogens is 344 g/mol. The van der Waals surface area contributed by atoms with Gasteiger partial charge in [-0.2, -0.15) is 0 Å². The molecule has 3 rings (SSSR count). The van der Waals surface area contributed by atoms with Crippen LogP contribution in [0.5, 0.6) is 0 Å². The van der Waals surface area contributed by atoms with Gasteiger partial charge in [-0.25, -0.2) is 0 Å². The normalized spacial score (nSPS) is 16.2. The number of primary amides is 1. The lowest BCUT2D eigenvalue weighted by atomic mass is 9.89. The number of nitrogens with two attached hydrogens (primary N) is 1. The average molecular weight is 371 g/mol. The first-order valence-electron chi connectivity index (χ1n) is 9.22. The number of benzene rings is 1. The summed E-state index contributed by atoms with van der Waals surface area (Å²) in [6.07, 6.45) is 5.73. The summed E-state index contributed by atoms with van der Waals surface area (Å²) in [7, 11) is 0. The zero-order valence-corrected chi connectivity index (χ0v) is 16.2. The number of thiophene rings is 1. The van der Waals surface area contributed by atoms with E-state index in [2.05, 4.69) is 5.32 Å². The van der Waals surface area contributed by atoms with Gasteiger partial charge in [0.05, 0.1) is 5.92 Å². The van der Waals surface area contributed by atoms with Crippen molar-refractivity contribution in [2.24, 2.45) is 5.73 Å². The highest BCUT2D eigenvalue weighted by molar-refractivity contribution is 7.10. The van der Waals surface area contributed by atoms with Gasteiger partial charge in [0.1, 0.15) is 0 Å². The number of amides is 2. The summed E-state index contributed by atoms with van der Waals surface area (Å²) in [6.45, 7) is 3.75. The molecule has 1 unspecified atom stereocenters. The fourth-order valence-electron chi connectivity index (χ4n) is 3.98. The largest absolute Gasteiger partial charge is 0.366 e. The minimum Gasteiger partial charge on any atom is -0.366 e. The second-order valence-corrected chi connectivity index (χ2v) is 8.17. The Balaban J connectivity index is 1.94. The number of nitrogens with one attached hydrogen (secondary N) is 1. The third-order valence-corrected chi connectivity index (χ3v) is 6.11. The van der Waals surface area contributed by atoms with Crippen LogP contribution in [-0.4, -0.2) is 17.9 Å². The van der Waals surface area contributed by atoms with Gasteiger partial charge < -0.3 is 11.1 Å². The van der Waals surface area contributed by atoms with Gasteiger partial charge >= 0.3 is 0 Å². The molecule has 1 aromatic carbocycles. The van der Waals surface area contributed by atoms with Crippen LogP contribution in [0.4, 0.5) is 0 Å². The van der Waals surface area contributed by atoms with Crippen molar-refractivity contribution < 1.29 is 9.59 Å². The zero-order chi connectivity index (χ0) is 18.7. The minimum absolute atomic E-state index is 0.0463. The van der Waals surface area contributed by atoms with Crippen LogP contribution in [-0.2, 0) is 4.79 Å². The monoisotopic (exact) mass is 370 g/mol. The Kier molecular flexibility index (Phi) is 5.77.